The number of amides is 1. The van der Waals surface area contributed by atoms with Crippen molar-refractivity contribution in [2.75, 3.05) is 19.6 Å². The van der Waals surface area contributed by atoms with Gasteiger partial charge in [-0.3, -0.25) is 14.6 Å². The van der Waals surface area contributed by atoms with Gasteiger partial charge in [0.25, 0.3) is 0 Å². The monoisotopic (exact) mass is 317 g/mol. The van der Waals surface area contributed by atoms with Crippen molar-refractivity contribution in [1.82, 2.24) is 15.2 Å². The number of carbonyl (C=O) groups excluding carboxylic acids is 1. The number of nitrogens with one attached hydrogen (secondary N) is 1. The summed E-state index contributed by atoms with van der Waals surface area (Å²) in [5.74, 6) is -0.852. The van der Waals surface area contributed by atoms with Crippen LogP contribution in [0.3, 0.4) is 0 Å². The van der Waals surface area contributed by atoms with Crippen LogP contribution in [0.25, 0.3) is 0 Å². The van der Waals surface area contributed by atoms with Crippen LogP contribution in [0.5, 0.6) is 0 Å². The molecule has 1 aliphatic carbocycles. The van der Waals surface area contributed by atoms with E-state index in [2.05, 4.69) is 15.2 Å². The zero-order valence-electron chi connectivity index (χ0n) is 13.1. The van der Waals surface area contributed by atoms with Crippen molar-refractivity contribution in [3.8, 4) is 0 Å². The predicted octanol–water partition coefficient (Wildman–Crippen LogP) is 1.13. The molecule has 1 aliphatic heterocycles. The minimum absolute atomic E-state index is 0.0550. The average molecular weight is 317 g/mol. The third-order valence-corrected chi connectivity index (χ3v) is 4.65. The number of nitrogens with zero attached hydrogens (tertiary/aromatic N) is 2. The van der Waals surface area contributed by atoms with Gasteiger partial charge in [0, 0.05) is 38.6 Å². The number of aliphatic carboxylic acids is 1. The molecule has 1 aromatic rings. The van der Waals surface area contributed by atoms with Crippen LogP contribution in [0.2, 0.25) is 0 Å². The number of carboxylic acids is 1. The van der Waals surface area contributed by atoms with E-state index in [1.807, 2.05) is 12.1 Å². The normalized spacial score (nSPS) is 25.0. The van der Waals surface area contributed by atoms with Gasteiger partial charge in [-0.1, -0.05) is 6.07 Å². The number of pyridine rings is 1. The molecule has 2 N–H and O–H groups in total. The van der Waals surface area contributed by atoms with Gasteiger partial charge < -0.3 is 15.3 Å². The second-order valence-electron chi connectivity index (χ2n) is 6.71. The van der Waals surface area contributed by atoms with Crippen molar-refractivity contribution < 1.29 is 14.7 Å². The van der Waals surface area contributed by atoms with Crippen molar-refractivity contribution in [1.29, 1.82) is 0 Å². The molecule has 1 saturated carbocycles. The molecular weight excluding hydrogens is 294 g/mol. The number of aromatic nitrogens is 1. The van der Waals surface area contributed by atoms with Gasteiger partial charge in [-0.05, 0) is 36.8 Å². The summed E-state index contributed by atoms with van der Waals surface area (Å²) in [4.78, 5) is 30.0. The minimum Gasteiger partial charge on any atom is -0.481 e. The van der Waals surface area contributed by atoms with Gasteiger partial charge in [0.15, 0.2) is 0 Å². The van der Waals surface area contributed by atoms with E-state index in [4.69, 9.17) is 0 Å². The van der Waals surface area contributed by atoms with Crippen LogP contribution in [0.1, 0.15) is 24.8 Å². The Labute approximate surface area is 135 Å². The Kier molecular flexibility index (Phi) is 4.91. The summed E-state index contributed by atoms with van der Waals surface area (Å²) in [7, 11) is 0. The number of carbonyl (C=O) groups is 2. The van der Waals surface area contributed by atoms with Gasteiger partial charge in [0.1, 0.15) is 0 Å². The average Bonchev–Trinajstić information content (AvgIpc) is 3.37. The molecule has 1 aromatic heterocycles. The van der Waals surface area contributed by atoms with Crippen molar-refractivity contribution >= 4 is 11.9 Å². The number of hydrogen-bond acceptors (Lipinski definition) is 4. The zero-order valence-corrected chi connectivity index (χ0v) is 13.1. The van der Waals surface area contributed by atoms with Gasteiger partial charge in [-0.2, -0.15) is 0 Å². The molecule has 6 heteroatoms. The van der Waals surface area contributed by atoms with E-state index in [0.29, 0.717) is 32.0 Å². The van der Waals surface area contributed by atoms with E-state index in [1.54, 1.807) is 12.4 Å². The van der Waals surface area contributed by atoms with Gasteiger partial charge >= 0.3 is 5.97 Å². The summed E-state index contributed by atoms with van der Waals surface area (Å²) in [5.41, 5.74) is 0.946. The molecule has 0 spiro atoms. The number of rotatable bonds is 6. The molecule has 1 saturated heterocycles. The molecule has 0 unspecified atom stereocenters. The molecule has 23 heavy (non-hydrogen) atoms. The SMILES string of the molecule is O=C(O)[C@@H]1C[C@H](C(=O)NCc2cccnc2)CN(CC2CC2)C1. The third kappa shape index (κ3) is 4.51. The molecule has 124 valence electrons. The van der Waals surface area contributed by atoms with E-state index in [-0.39, 0.29) is 11.8 Å². The molecule has 2 fully saturated rings. The molecule has 2 atom stereocenters. The highest BCUT2D eigenvalue weighted by Gasteiger charge is 2.36. The summed E-state index contributed by atoms with van der Waals surface area (Å²) < 4.78 is 0. The maximum Gasteiger partial charge on any atom is 0.307 e. The highest BCUT2D eigenvalue weighted by Crippen LogP contribution is 2.32. The summed E-state index contributed by atoms with van der Waals surface area (Å²) >= 11 is 0. The first-order valence-electron chi connectivity index (χ1n) is 8.23. The van der Waals surface area contributed by atoms with Gasteiger partial charge in [0.05, 0.1) is 11.8 Å². The lowest BCUT2D eigenvalue weighted by Crippen LogP contribution is -2.48. The number of carboxylic acid groups (broad SMARTS) is 1. The second-order valence-corrected chi connectivity index (χ2v) is 6.71. The van der Waals surface area contributed by atoms with Crippen molar-refractivity contribution in [3.63, 3.8) is 0 Å². The Hall–Kier alpha value is -1.95. The lowest BCUT2D eigenvalue weighted by Gasteiger charge is -2.35. The largest absolute Gasteiger partial charge is 0.481 e. The quantitative estimate of drug-likeness (QED) is 0.822. The minimum atomic E-state index is -0.796. The Bertz CT molecular complexity index is 559. The molecule has 0 radical (unpaired) electrons. The number of hydrogen-bond donors (Lipinski definition) is 2. The van der Waals surface area contributed by atoms with Crippen molar-refractivity contribution in [3.05, 3.63) is 30.1 Å². The van der Waals surface area contributed by atoms with Gasteiger partial charge in [0.2, 0.25) is 5.91 Å². The highest BCUT2D eigenvalue weighted by atomic mass is 16.4. The van der Waals surface area contributed by atoms with E-state index in [1.165, 1.54) is 12.8 Å². The summed E-state index contributed by atoms with van der Waals surface area (Å²) in [5, 5.41) is 12.3. The first kappa shape index (κ1) is 15.9. The van der Waals surface area contributed by atoms with Crippen LogP contribution < -0.4 is 5.32 Å². The van der Waals surface area contributed by atoms with E-state index < -0.39 is 11.9 Å². The molecule has 2 heterocycles. The zero-order chi connectivity index (χ0) is 16.2. The summed E-state index contributed by atoms with van der Waals surface area (Å²) in [6.07, 6.45) is 6.30. The third-order valence-electron chi connectivity index (χ3n) is 4.65. The highest BCUT2D eigenvalue weighted by molar-refractivity contribution is 5.80. The Morgan fingerprint density at radius 1 is 1.30 bits per heavy atom. The second kappa shape index (κ2) is 7.08. The van der Waals surface area contributed by atoms with E-state index >= 15 is 0 Å². The molecule has 3 rings (SSSR count). The lowest BCUT2D eigenvalue weighted by atomic mass is 9.88. The maximum absolute atomic E-state index is 12.4. The first-order valence-corrected chi connectivity index (χ1v) is 8.23. The fraction of sp³-hybridized carbons (Fsp3) is 0.588. The standard InChI is InChI=1S/C17H23N3O3/c21-16(19-8-13-2-1-5-18-7-13)14-6-15(17(22)23)11-20(10-14)9-12-3-4-12/h1-2,5,7,12,14-15H,3-4,6,8-11H2,(H,19,21)(H,22,23)/t14-,15+/m0/s1. The smallest absolute Gasteiger partial charge is 0.307 e. The molecule has 0 aromatic carbocycles. The topological polar surface area (TPSA) is 82.5 Å². The number of likely N-dealkylation sites (tertiary alicyclic amines) is 1. The van der Waals surface area contributed by atoms with E-state index in [9.17, 15) is 14.7 Å². The Morgan fingerprint density at radius 2 is 2.09 bits per heavy atom. The number of piperidine rings is 1. The summed E-state index contributed by atoms with van der Waals surface area (Å²) in [6, 6.07) is 3.74. The molecule has 1 amide bonds. The fourth-order valence-corrected chi connectivity index (χ4v) is 3.21. The lowest BCUT2D eigenvalue weighted by molar-refractivity contribution is -0.145. The van der Waals surface area contributed by atoms with Crippen LogP contribution >= 0.6 is 0 Å². The molecular formula is C17H23N3O3. The first-order chi connectivity index (χ1) is 11.1. The Balaban J connectivity index is 1.57. The van der Waals surface area contributed by atoms with Crippen LogP contribution in [0.4, 0.5) is 0 Å². The molecule has 0 bridgehead atoms. The van der Waals surface area contributed by atoms with Crippen LogP contribution in [0, 0.1) is 17.8 Å². The van der Waals surface area contributed by atoms with E-state index in [0.717, 1.165) is 12.1 Å². The van der Waals surface area contributed by atoms with Crippen LogP contribution in [-0.2, 0) is 16.1 Å². The van der Waals surface area contributed by atoms with Gasteiger partial charge in [-0.25, -0.2) is 0 Å². The summed E-state index contributed by atoms with van der Waals surface area (Å²) in [6.45, 7) is 2.59. The Morgan fingerprint density at radius 3 is 2.74 bits per heavy atom. The fourth-order valence-electron chi connectivity index (χ4n) is 3.21. The van der Waals surface area contributed by atoms with Crippen LogP contribution in [-0.4, -0.2) is 46.5 Å². The van der Waals surface area contributed by atoms with Crippen LogP contribution in [0.15, 0.2) is 24.5 Å². The molecule has 2 aliphatic rings. The molecule has 6 nitrogen and oxygen atoms in total. The van der Waals surface area contributed by atoms with Crippen molar-refractivity contribution in [2.45, 2.75) is 25.8 Å². The van der Waals surface area contributed by atoms with Gasteiger partial charge in [-0.15, -0.1) is 0 Å². The predicted molar refractivity (Wildman–Crippen MR) is 84.5 cm³/mol. The van der Waals surface area contributed by atoms with Crippen molar-refractivity contribution in [2.24, 2.45) is 17.8 Å². The maximum atomic E-state index is 12.4.